The summed E-state index contributed by atoms with van der Waals surface area (Å²) in [7, 11) is 0. The van der Waals surface area contributed by atoms with Crippen LogP contribution in [0.1, 0.15) is 11.4 Å². The zero-order valence-electron chi connectivity index (χ0n) is 13.2. The van der Waals surface area contributed by atoms with E-state index < -0.39 is 60.5 Å². The van der Waals surface area contributed by atoms with E-state index in [0.717, 1.165) is 0 Å². The van der Waals surface area contributed by atoms with Crippen LogP contribution in [0.4, 0.5) is 26.3 Å². The predicted molar refractivity (Wildman–Crippen MR) is 78.0 cm³/mol. The van der Waals surface area contributed by atoms with E-state index in [4.69, 9.17) is 0 Å². The first-order valence-electron chi connectivity index (χ1n) is 6.53. The summed E-state index contributed by atoms with van der Waals surface area (Å²) in [6, 6.07) is 0. The van der Waals surface area contributed by atoms with Gasteiger partial charge in [0.1, 0.15) is 0 Å². The standard InChI is InChI=1S/C6F6N2.6CH3.2Sn/c7-5(8,9)3-1-2-4(14-13-3)6(10,11)12;;;;;;;;/h;6*1H3;;. The van der Waals surface area contributed by atoms with Gasteiger partial charge in [-0.3, -0.25) is 0 Å². The molecule has 0 bridgehead atoms. The third kappa shape index (κ3) is 4.41. The minimum atomic E-state index is -4.79. The average molecular weight is 542 g/mol. The summed E-state index contributed by atoms with van der Waals surface area (Å²) in [6.07, 6.45) is -9.58. The van der Waals surface area contributed by atoms with Crippen LogP contribution < -0.4 is 7.16 Å². The van der Waals surface area contributed by atoms with Crippen molar-refractivity contribution in [1.82, 2.24) is 10.2 Å². The van der Waals surface area contributed by atoms with Gasteiger partial charge in [0.15, 0.2) is 0 Å². The van der Waals surface area contributed by atoms with Crippen molar-refractivity contribution < 1.29 is 26.3 Å². The van der Waals surface area contributed by atoms with Gasteiger partial charge in [-0.15, -0.1) is 0 Å². The molecular weight excluding hydrogens is 524 g/mol. The van der Waals surface area contributed by atoms with E-state index in [1.165, 1.54) is 0 Å². The van der Waals surface area contributed by atoms with Crippen molar-refractivity contribution in [3.05, 3.63) is 11.4 Å². The second kappa shape index (κ2) is 5.96. The van der Waals surface area contributed by atoms with Gasteiger partial charge in [-0.05, 0) is 0 Å². The number of hydrogen-bond acceptors (Lipinski definition) is 2. The predicted octanol–water partition coefficient (Wildman–Crippen LogP) is 3.60. The van der Waals surface area contributed by atoms with Crippen molar-refractivity contribution in [2.45, 2.75) is 42.0 Å². The van der Waals surface area contributed by atoms with Crippen molar-refractivity contribution in [3.8, 4) is 0 Å². The van der Waals surface area contributed by atoms with Crippen molar-refractivity contribution in [2.24, 2.45) is 0 Å². The molecule has 0 spiro atoms. The number of hydrogen-bond donors (Lipinski definition) is 0. The Labute approximate surface area is 133 Å². The molecule has 0 aliphatic rings. The van der Waals surface area contributed by atoms with E-state index in [1.54, 1.807) is 29.6 Å². The Bertz CT molecular complexity index is 516. The number of aromatic nitrogens is 2. The quantitative estimate of drug-likeness (QED) is 0.423. The molecule has 1 aromatic heterocycles. The van der Waals surface area contributed by atoms with Crippen LogP contribution in [0.25, 0.3) is 0 Å². The Hall–Kier alpha value is 0.257. The zero-order valence-corrected chi connectivity index (χ0v) is 18.9. The molecular formula is C12H18F6N2Sn2. The van der Waals surface area contributed by atoms with Crippen LogP contribution in [0.15, 0.2) is 0 Å². The van der Waals surface area contributed by atoms with Crippen molar-refractivity contribution >= 4 is 43.9 Å². The Morgan fingerprint density at radius 3 is 0.955 bits per heavy atom. The molecule has 1 aromatic rings. The molecule has 126 valence electrons. The molecule has 0 N–H and O–H groups in total. The molecule has 0 unspecified atom stereocenters. The van der Waals surface area contributed by atoms with Crippen molar-refractivity contribution in [1.29, 1.82) is 0 Å². The molecule has 0 amide bonds. The molecule has 0 saturated heterocycles. The number of rotatable bonds is 2. The summed E-state index contributed by atoms with van der Waals surface area (Å²) < 4.78 is 79.2. The van der Waals surface area contributed by atoms with Gasteiger partial charge >= 0.3 is 134 Å². The summed E-state index contributed by atoms with van der Waals surface area (Å²) >= 11 is -7.08. The normalized spacial score (nSPS) is 14.4. The van der Waals surface area contributed by atoms with E-state index >= 15 is 0 Å². The van der Waals surface area contributed by atoms with Crippen LogP contribution in [-0.4, -0.2) is 47.0 Å². The fourth-order valence-electron chi connectivity index (χ4n) is 2.29. The topological polar surface area (TPSA) is 25.8 Å². The van der Waals surface area contributed by atoms with Gasteiger partial charge in [-0.2, -0.15) is 0 Å². The second-order valence-corrected chi connectivity index (χ2v) is 35.7. The summed E-state index contributed by atoms with van der Waals surface area (Å²) in [5, 5.41) is 5.90. The summed E-state index contributed by atoms with van der Waals surface area (Å²) in [4.78, 5) is 10.0. The van der Waals surface area contributed by atoms with Crippen LogP contribution >= 0.6 is 0 Å². The molecule has 2 nitrogen and oxygen atoms in total. The molecule has 0 fully saturated rings. The van der Waals surface area contributed by atoms with Gasteiger partial charge in [0.2, 0.25) is 0 Å². The van der Waals surface area contributed by atoms with Gasteiger partial charge in [0.25, 0.3) is 0 Å². The van der Waals surface area contributed by atoms with E-state index in [0.29, 0.717) is 0 Å². The van der Waals surface area contributed by atoms with Gasteiger partial charge in [-0.25, -0.2) is 0 Å². The molecule has 10 heteroatoms. The summed E-state index contributed by atoms with van der Waals surface area (Å²) in [6.45, 7) is 0. The third-order valence-corrected chi connectivity index (χ3v) is 16.4. The van der Waals surface area contributed by atoms with Crippen LogP contribution in [0.2, 0.25) is 29.6 Å². The summed E-state index contributed by atoms with van der Waals surface area (Å²) in [5.41, 5.74) is -2.43. The van der Waals surface area contributed by atoms with E-state index in [2.05, 4.69) is 10.2 Å². The molecule has 0 radical (unpaired) electrons. The average Bonchev–Trinajstić information content (AvgIpc) is 2.22. The Morgan fingerprint density at radius 2 is 0.818 bits per heavy atom. The molecule has 0 atom stereocenters. The summed E-state index contributed by atoms with van der Waals surface area (Å²) in [5.74, 6) is 0. The molecule has 0 aliphatic heterocycles. The SMILES string of the molecule is [CH3][Sn]([CH3])([CH3])[c]1c(C(F)(F)F)nnc(C(F)(F)F)[c]1[Sn]([CH3])([CH3])[CH3]. The van der Waals surface area contributed by atoms with Crippen LogP contribution in [0, 0.1) is 0 Å². The van der Waals surface area contributed by atoms with Gasteiger partial charge in [0, 0.05) is 0 Å². The Balaban J connectivity index is 4.02. The van der Waals surface area contributed by atoms with Crippen LogP contribution in [0.3, 0.4) is 0 Å². The molecule has 22 heavy (non-hydrogen) atoms. The Morgan fingerprint density at radius 1 is 0.591 bits per heavy atom. The first-order valence-corrected chi connectivity index (χ1v) is 26.5. The number of nitrogens with zero attached hydrogens (tertiary/aromatic N) is 2. The molecule has 0 aromatic carbocycles. The first kappa shape index (κ1) is 20.3. The fourth-order valence-corrected chi connectivity index (χ4v) is 26.8. The maximum absolute atomic E-state index is 13.2. The molecule has 1 rings (SSSR count). The van der Waals surface area contributed by atoms with Crippen molar-refractivity contribution in [2.75, 3.05) is 0 Å². The molecule has 0 aliphatic carbocycles. The van der Waals surface area contributed by atoms with E-state index in [9.17, 15) is 26.3 Å². The zero-order chi connectivity index (χ0) is 17.7. The Kier molecular flexibility index (Phi) is 5.50. The fraction of sp³-hybridized carbons (Fsp3) is 0.667. The third-order valence-electron chi connectivity index (χ3n) is 3.01. The monoisotopic (exact) mass is 544 g/mol. The van der Waals surface area contributed by atoms with Crippen LogP contribution in [-0.2, 0) is 12.4 Å². The molecule has 1 heterocycles. The van der Waals surface area contributed by atoms with Crippen LogP contribution in [0.5, 0.6) is 0 Å². The van der Waals surface area contributed by atoms with E-state index in [-0.39, 0.29) is 7.16 Å². The second-order valence-electron chi connectivity index (χ2n) is 7.14. The minimum absolute atomic E-state index is 0.160. The first-order chi connectivity index (χ1) is 9.47. The number of halogens is 6. The van der Waals surface area contributed by atoms with E-state index in [1.807, 2.05) is 0 Å². The maximum atomic E-state index is 13.2. The van der Waals surface area contributed by atoms with Gasteiger partial charge in [0.05, 0.1) is 0 Å². The van der Waals surface area contributed by atoms with Crippen molar-refractivity contribution in [3.63, 3.8) is 0 Å². The van der Waals surface area contributed by atoms with Gasteiger partial charge < -0.3 is 0 Å². The number of alkyl halides is 6. The van der Waals surface area contributed by atoms with Gasteiger partial charge in [-0.1, -0.05) is 0 Å². The molecule has 0 saturated carbocycles.